The molecule has 2 heterocycles. The predicted molar refractivity (Wildman–Crippen MR) is 117 cm³/mol. The Labute approximate surface area is 177 Å². The summed E-state index contributed by atoms with van der Waals surface area (Å²) >= 11 is 2.91. The maximum atomic E-state index is 13.4. The minimum Gasteiger partial charge on any atom is -0.298 e. The van der Waals surface area contributed by atoms with Crippen LogP contribution in [0.25, 0.3) is 21.3 Å². The molecule has 152 valence electrons. The van der Waals surface area contributed by atoms with Crippen LogP contribution in [0, 0.1) is 12.7 Å². The maximum Gasteiger partial charge on any atom is 0.263 e. The lowest BCUT2D eigenvalue weighted by molar-refractivity contribution is -0.118. The van der Waals surface area contributed by atoms with E-state index in [0.717, 1.165) is 41.7 Å². The van der Waals surface area contributed by atoms with Gasteiger partial charge in [-0.1, -0.05) is 36.7 Å². The highest BCUT2D eigenvalue weighted by atomic mass is 32.2. The van der Waals surface area contributed by atoms with E-state index in [0.29, 0.717) is 28.3 Å². The topological polar surface area (TPSA) is 52.0 Å². The fourth-order valence-corrected chi connectivity index (χ4v) is 6.25. The van der Waals surface area contributed by atoms with Crippen LogP contribution in [0.2, 0.25) is 0 Å². The number of thioether (sulfide) groups is 1. The second-order valence-electron chi connectivity index (χ2n) is 7.34. The Kier molecular flexibility index (Phi) is 5.88. The van der Waals surface area contributed by atoms with Gasteiger partial charge in [-0.2, -0.15) is 0 Å². The number of hydrogen-bond donors (Lipinski definition) is 0. The van der Waals surface area contributed by atoms with E-state index in [2.05, 4.69) is 0 Å². The Morgan fingerprint density at radius 1 is 1.21 bits per heavy atom. The van der Waals surface area contributed by atoms with Crippen molar-refractivity contribution in [3.63, 3.8) is 0 Å². The molecule has 29 heavy (non-hydrogen) atoms. The van der Waals surface area contributed by atoms with E-state index < -0.39 is 0 Å². The predicted octanol–water partition coefficient (Wildman–Crippen LogP) is 5.59. The number of halogens is 1. The Hall–Kier alpha value is -1.99. The zero-order valence-electron chi connectivity index (χ0n) is 16.5. The zero-order chi connectivity index (χ0) is 20.5. The highest BCUT2D eigenvalue weighted by Gasteiger charge is 2.26. The SMILES string of the molecule is CCn1c(SC2CCCCCC2=O)nc2sc(C)c(-c3ccc(F)cc3)c2c1=O. The summed E-state index contributed by atoms with van der Waals surface area (Å²) in [5.41, 5.74) is 1.55. The van der Waals surface area contributed by atoms with E-state index in [9.17, 15) is 14.0 Å². The average molecular weight is 431 g/mol. The van der Waals surface area contributed by atoms with Gasteiger partial charge in [-0.05, 0) is 44.4 Å². The number of carbonyl (C=O) groups is 1. The summed E-state index contributed by atoms with van der Waals surface area (Å²) in [6.07, 6.45) is 4.53. The van der Waals surface area contributed by atoms with Gasteiger partial charge in [0.1, 0.15) is 16.4 Å². The van der Waals surface area contributed by atoms with Crippen molar-refractivity contribution in [1.82, 2.24) is 9.55 Å². The van der Waals surface area contributed by atoms with Crippen LogP contribution in [0.3, 0.4) is 0 Å². The third-order valence-electron chi connectivity index (χ3n) is 5.40. The quantitative estimate of drug-likeness (QED) is 0.400. The van der Waals surface area contributed by atoms with Crippen LogP contribution in [0.4, 0.5) is 4.39 Å². The summed E-state index contributed by atoms with van der Waals surface area (Å²) in [5, 5.41) is 1.08. The summed E-state index contributed by atoms with van der Waals surface area (Å²) < 4.78 is 15.0. The number of rotatable bonds is 4. The Bertz CT molecular complexity index is 1120. The summed E-state index contributed by atoms with van der Waals surface area (Å²) in [7, 11) is 0. The van der Waals surface area contributed by atoms with Crippen molar-refractivity contribution < 1.29 is 9.18 Å². The van der Waals surface area contributed by atoms with Crippen molar-refractivity contribution >= 4 is 39.1 Å². The van der Waals surface area contributed by atoms with Crippen molar-refractivity contribution in [1.29, 1.82) is 0 Å². The number of carbonyl (C=O) groups excluding carboxylic acids is 1. The lowest BCUT2D eigenvalue weighted by Gasteiger charge is -2.15. The second kappa shape index (κ2) is 8.40. The molecular weight excluding hydrogens is 407 g/mol. The molecule has 1 unspecified atom stereocenters. The van der Waals surface area contributed by atoms with E-state index in [1.54, 1.807) is 16.7 Å². The van der Waals surface area contributed by atoms with Gasteiger partial charge in [-0.25, -0.2) is 9.37 Å². The van der Waals surface area contributed by atoms with Crippen LogP contribution in [-0.4, -0.2) is 20.6 Å². The molecule has 0 N–H and O–H groups in total. The molecule has 4 nitrogen and oxygen atoms in total. The third kappa shape index (κ3) is 3.90. The zero-order valence-corrected chi connectivity index (χ0v) is 18.2. The molecule has 0 amide bonds. The van der Waals surface area contributed by atoms with Crippen LogP contribution < -0.4 is 5.56 Å². The number of ketones is 1. The Morgan fingerprint density at radius 3 is 2.69 bits per heavy atom. The van der Waals surface area contributed by atoms with Gasteiger partial charge in [-0.15, -0.1) is 11.3 Å². The fraction of sp³-hybridized carbons (Fsp3) is 0.409. The van der Waals surface area contributed by atoms with E-state index in [1.165, 1.54) is 35.2 Å². The van der Waals surface area contributed by atoms with Gasteiger partial charge in [0.25, 0.3) is 5.56 Å². The van der Waals surface area contributed by atoms with Crippen LogP contribution >= 0.6 is 23.1 Å². The van der Waals surface area contributed by atoms with Crippen molar-refractivity contribution in [2.75, 3.05) is 0 Å². The van der Waals surface area contributed by atoms with Gasteiger partial charge < -0.3 is 0 Å². The van der Waals surface area contributed by atoms with Crippen LogP contribution in [0.5, 0.6) is 0 Å². The van der Waals surface area contributed by atoms with E-state index in [4.69, 9.17) is 4.98 Å². The average Bonchev–Trinajstić information content (AvgIpc) is 2.89. The molecule has 2 aromatic heterocycles. The molecule has 0 aliphatic heterocycles. The van der Waals surface area contributed by atoms with Crippen molar-refractivity contribution in [3.05, 3.63) is 45.3 Å². The molecule has 1 fully saturated rings. The van der Waals surface area contributed by atoms with Gasteiger partial charge in [0.05, 0.1) is 10.6 Å². The Balaban J connectivity index is 1.83. The lowest BCUT2D eigenvalue weighted by Crippen LogP contribution is -2.24. The third-order valence-corrected chi connectivity index (χ3v) is 7.70. The normalized spacial score (nSPS) is 17.6. The Morgan fingerprint density at radius 2 is 1.97 bits per heavy atom. The highest BCUT2D eigenvalue weighted by Crippen LogP contribution is 2.37. The molecule has 7 heteroatoms. The fourth-order valence-electron chi connectivity index (χ4n) is 3.89. The molecule has 0 spiro atoms. The molecule has 0 bridgehead atoms. The summed E-state index contributed by atoms with van der Waals surface area (Å²) in [6.45, 7) is 4.37. The van der Waals surface area contributed by atoms with Gasteiger partial charge in [-0.3, -0.25) is 14.2 Å². The molecule has 1 aliphatic rings. The minimum atomic E-state index is -0.304. The highest BCUT2D eigenvalue weighted by molar-refractivity contribution is 8.00. The van der Waals surface area contributed by atoms with Crippen LogP contribution in [0.15, 0.2) is 34.2 Å². The monoisotopic (exact) mass is 430 g/mol. The largest absolute Gasteiger partial charge is 0.298 e. The van der Waals surface area contributed by atoms with Gasteiger partial charge >= 0.3 is 0 Å². The molecular formula is C22H23FN2O2S2. The molecule has 1 atom stereocenters. The summed E-state index contributed by atoms with van der Waals surface area (Å²) in [6, 6.07) is 6.22. The number of Topliss-reactive ketones (excluding diaryl/α,β-unsaturated/α-hetero) is 1. The number of nitrogens with zero attached hydrogens (tertiary/aromatic N) is 2. The smallest absolute Gasteiger partial charge is 0.263 e. The van der Waals surface area contributed by atoms with Crippen molar-refractivity contribution in [2.45, 2.75) is 62.9 Å². The molecule has 3 aromatic rings. The van der Waals surface area contributed by atoms with Crippen LogP contribution in [-0.2, 0) is 11.3 Å². The van der Waals surface area contributed by atoms with E-state index >= 15 is 0 Å². The minimum absolute atomic E-state index is 0.0928. The number of benzene rings is 1. The van der Waals surface area contributed by atoms with E-state index in [1.807, 2.05) is 13.8 Å². The first-order valence-corrected chi connectivity index (χ1v) is 11.7. The molecule has 1 saturated carbocycles. The number of aromatic nitrogens is 2. The molecule has 1 aliphatic carbocycles. The molecule has 4 rings (SSSR count). The first-order chi connectivity index (χ1) is 14.0. The number of thiophene rings is 1. The van der Waals surface area contributed by atoms with Crippen LogP contribution in [0.1, 0.15) is 43.9 Å². The van der Waals surface area contributed by atoms with Gasteiger partial charge in [0.15, 0.2) is 5.16 Å². The standard InChI is InChI=1S/C22H23FN2O2S2/c1-3-25-21(27)19-18(14-9-11-15(23)12-10-14)13(2)28-20(19)24-22(25)29-17-8-6-4-5-7-16(17)26/h9-12,17H,3-8H2,1-2H3. The maximum absolute atomic E-state index is 13.4. The van der Waals surface area contributed by atoms with Crippen molar-refractivity contribution in [2.24, 2.45) is 0 Å². The van der Waals surface area contributed by atoms with E-state index in [-0.39, 0.29) is 22.4 Å². The first kappa shape index (κ1) is 20.3. The molecule has 0 saturated heterocycles. The molecule has 0 radical (unpaired) electrons. The number of hydrogen-bond acceptors (Lipinski definition) is 5. The molecule has 1 aromatic carbocycles. The summed E-state index contributed by atoms with van der Waals surface area (Å²) in [4.78, 5) is 32.3. The van der Waals surface area contributed by atoms with Gasteiger partial charge in [0, 0.05) is 23.4 Å². The number of fused-ring (bicyclic) bond motifs is 1. The summed E-state index contributed by atoms with van der Waals surface area (Å²) in [5.74, 6) is -0.0411. The second-order valence-corrected chi connectivity index (χ2v) is 9.71. The first-order valence-electron chi connectivity index (χ1n) is 9.98. The lowest BCUT2D eigenvalue weighted by atomic mass is 10.0. The van der Waals surface area contributed by atoms with Gasteiger partial charge in [0.2, 0.25) is 0 Å². The number of aryl methyl sites for hydroxylation is 1. The van der Waals surface area contributed by atoms with Crippen molar-refractivity contribution in [3.8, 4) is 11.1 Å².